The first-order valence-corrected chi connectivity index (χ1v) is 6.22. The summed E-state index contributed by atoms with van der Waals surface area (Å²) in [6.07, 6.45) is 2.82. The molecule has 0 saturated carbocycles. The van der Waals surface area contributed by atoms with Crippen LogP contribution in [0.5, 0.6) is 0 Å². The van der Waals surface area contributed by atoms with Gasteiger partial charge in [0.15, 0.2) is 0 Å². The number of likely N-dealkylation sites (N-methyl/N-ethyl adjacent to an activating group) is 1. The molecule has 0 radical (unpaired) electrons. The minimum absolute atomic E-state index is 0.0331. The van der Waals surface area contributed by atoms with Gasteiger partial charge < -0.3 is 15.5 Å². The van der Waals surface area contributed by atoms with E-state index in [1.54, 1.807) is 6.26 Å². The van der Waals surface area contributed by atoms with Crippen LogP contribution in [0, 0.1) is 0 Å². The molecule has 1 aromatic heterocycles. The number of carbonyl (C=O) groups is 1. The highest BCUT2D eigenvalue weighted by atomic mass is 16.3. The maximum atomic E-state index is 11.6. The van der Waals surface area contributed by atoms with Gasteiger partial charge in [0, 0.05) is 19.0 Å². The van der Waals surface area contributed by atoms with E-state index in [2.05, 4.69) is 5.32 Å². The predicted octanol–water partition coefficient (Wildman–Crippen LogP) is 1.13. The van der Waals surface area contributed by atoms with Crippen molar-refractivity contribution in [2.45, 2.75) is 31.8 Å². The van der Waals surface area contributed by atoms with Crippen molar-refractivity contribution in [1.29, 1.82) is 0 Å². The molecule has 0 saturated heterocycles. The van der Waals surface area contributed by atoms with Crippen molar-refractivity contribution < 1.29 is 9.21 Å². The van der Waals surface area contributed by atoms with Crippen molar-refractivity contribution in [3.63, 3.8) is 0 Å². The number of amides is 1. The summed E-state index contributed by atoms with van der Waals surface area (Å²) in [4.78, 5) is 13.6. The molecular formula is C13H23N3O2. The molecule has 5 heteroatoms. The van der Waals surface area contributed by atoms with Crippen LogP contribution in [0.15, 0.2) is 22.8 Å². The van der Waals surface area contributed by atoms with E-state index in [9.17, 15) is 4.79 Å². The first-order valence-electron chi connectivity index (χ1n) is 6.22. The highest BCUT2D eigenvalue weighted by Gasteiger charge is 2.17. The summed E-state index contributed by atoms with van der Waals surface area (Å²) in [5, 5.41) is 2.91. The van der Waals surface area contributed by atoms with Crippen molar-refractivity contribution in [3.05, 3.63) is 24.2 Å². The van der Waals surface area contributed by atoms with Crippen molar-refractivity contribution >= 4 is 5.91 Å². The number of hydrogen-bond donors (Lipinski definition) is 2. The second-order valence-electron chi connectivity index (χ2n) is 4.81. The number of furan rings is 1. The third kappa shape index (κ3) is 4.89. The molecule has 5 nitrogen and oxygen atoms in total. The van der Waals surface area contributed by atoms with Gasteiger partial charge in [0.1, 0.15) is 5.76 Å². The van der Waals surface area contributed by atoms with Crippen LogP contribution in [0.25, 0.3) is 0 Å². The molecule has 2 unspecified atom stereocenters. The molecule has 0 spiro atoms. The van der Waals surface area contributed by atoms with E-state index < -0.39 is 0 Å². The zero-order chi connectivity index (χ0) is 13.5. The van der Waals surface area contributed by atoms with Gasteiger partial charge in [-0.05, 0) is 39.6 Å². The Labute approximate surface area is 108 Å². The predicted molar refractivity (Wildman–Crippen MR) is 71.0 cm³/mol. The van der Waals surface area contributed by atoms with Crippen LogP contribution in [0.3, 0.4) is 0 Å². The minimum atomic E-state index is 0.0331. The van der Waals surface area contributed by atoms with E-state index in [0.29, 0.717) is 19.4 Å². The van der Waals surface area contributed by atoms with Crippen LogP contribution in [0.2, 0.25) is 0 Å². The molecule has 18 heavy (non-hydrogen) atoms. The molecule has 0 aliphatic carbocycles. The highest BCUT2D eigenvalue weighted by Crippen LogP contribution is 2.17. The second kappa shape index (κ2) is 7.18. The van der Waals surface area contributed by atoms with Gasteiger partial charge in [0.25, 0.3) is 0 Å². The van der Waals surface area contributed by atoms with Gasteiger partial charge in [0.2, 0.25) is 5.91 Å². The molecule has 1 rings (SSSR count). The third-order valence-electron chi connectivity index (χ3n) is 2.81. The van der Waals surface area contributed by atoms with Crippen LogP contribution in [-0.4, -0.2) is 37.5 Å². The molecule has 1 amide bonds. The van der Waals surface area contributed by atoms with E-state index in [0.717, 1.165) is 5.76 Å². The SMILES string of the molecule is CC(N)CCC(=O)NCC(c1ccco1)N(C)C. The lowest BCUT2D eigenvalue weighted by molar-refractivity contribution is -0.121. The van der Waals surface area contributed by atoms with Crippen molar-refractivity contribution in [2.24, 2.45) is 5.73 Å². The average molecular weight is 253 g/mol. The van der Waals surface area contributed by atoms with Gasteiger partial charge in [0.05, 0.1) is 12.3 Å². The van der Waals surface area contributed by atoms with Crippen LogP contribution < -0.4 is 11.1 Å². The Morgan fingerprint density at radius 2 is 2.28 bits per heavy atom. The zero-order valence-electron chi connectivity index (χ0n) is 11.3. The van der Waals surface area contributed by atoms with Gasteiger partial charge in [-0.15, -0.1) is 0 Å². The Balaban J connectivity index is 2.41. The van der Waals surface area contributed by atoms with Gasteiger partial charge in [-0.3, -0.25) is 9.69 Å². The molecule has 1 aromatic rings. The lowest BCUT2D eigenvalue weighted by Crippen LogP contribution is -2.34. The maximum Gasteiger partial charge on any atom is 0.220 e. The van der Waals surface area contributed by atoms with Gasteiger partial charge >= 0.3 is 0 Å². The minimum Gasteiger partial charge on any atom is -0.468 e. The van der Waals surface area contributed by atoms with Gasteiger partial charge in [-0.1, -0.05) is 0 Å². The Bertz CT molecular complexity index is 347. The number of carbonyl (C=O) groups excluding carboxylic acids is 1. The first kappa shape index (κ1) is 14.7. The van der Waals surface area contributed by atoms with Crippen molar-refractivity contribution in [2.75, 3.05) is 20.6 Å². The molecule has 1 heterocycles. The summed E-state index contributed by atoms with van der Waals surface area (Å²) in [7, 11) is 3.92. The Morgan fingerprint density at radius 3 is 2.78 bits per heavy atom. The van der Waals surface area contributed by atoms with Crippen LogP contribution >= 0.6 is 0 Å². The second-order valence-corrected chi connectivity index (χ2v) is 4.81. The van der Waals surface area contributed by atoms with Crippen LogP contribution in [-0.2, 0) is 4.79 Å². The third-order valence-corrected chi connectivity index (χ3v) is 2.81. The summed E-state index contributed by atoms with van der Waals surface area (Å²) in [5.41, 5.74) is 5.62. The maximum absolute atomic E-state index is 11.6. The summed E-state index contributed by atoms with van der Waals surface area (Å²) >= 11 is 0. The molecule has 0 aliphatic rings. The largest absolute Gasteiger partial charge is 0.468 e. The molecule has 0 aliphatic heterocycles. The van der Waals surface area contributed by atoms with Gasteiger partial charge in [-0.25, -0.2) is 0 Å². The van der Waals surface area contributed by atoms with Crippen LogP contribution in [0.4, 0.5) is 0 Å². The molecule has 3 N–H and O–H groups in total. The van der Waals surface area contributed by atoms with Crippen molar-refractivity contribution in [3.8, 4) is 0 Å². The van der Waals surface area contributed by atoms with E-state index in [-0.39, 0.29) is 18.0 Å². The fourth-order valence-electron chi connectivity index (χ4n) is 1.68. The van der Waals surface area contributed by atoms with Crippen LogP contribution in [0.1, 0.15) is 31.6 Å². The highest BCUT2D eigenvalue weighted by molar-refractivity contribution is 5.75. The monoisotopic (exact) mass is 253 g/mol. The van der Waals surface area contributed by atoms with Gasteiger partial charge in [-0.2, -0.15) is 0 Å². The summed E-state index contributed by atoms with van der Waals surface area (Å²) in [6.45, 7) is 2.44. The lowest BCUT2D eigenvalue weighted by Gasteiger charge is -2.22. The Kier molecular flexibility index (Phi) is 5.88. The molecule has 102 valence electrons. The number of nitrogens with two attached hydrogens (primary N) is 1. The standard InChI is InChI=1S/C13H23N3O2/c1-10(14)6-7-13(17)15-9-11(16(2)3)12-5-4-8-18-12/h4-5,8,10-11H,6-7,9,14H2,1-3H3,(H,15,17). The molecule has 0 bridgehead atoms. The zero-order valence-corrected chi connectivity index (χ0v) is 11.3. The smallest absolute Gasteiger partial charge is 0.220 e. The Hall–Kier alpha value is -1.33. The summed E-state index contributed by atoms with van der Waals surface area (Å²) in [6, 6.07) is 3.88. The lowest BCUT2D eigenvalue weighted by atomic mass is 10.1. The first-order chi connectivity index (χ1) is 8.50. The normalized spacial score (nSPS) is 14.5. The number of rotatable bonds is 7. The number of hydrogen-bond acceptors (Lipinski definition) is 4. The summed E-state index contributed by atoms with van der Waals surface area (Å²) in [5.74, 6) is 0.887. The molecule has 2 atom stereocenters. The van der Waals surface area contributed by atoms with E-state index >= 15 is 0 Å². The fourth-order valence-corrected chi connectivity index (χ4v) is 1.68. The topological polar surface area (TPSA) is 71.5 Å². The molecular weight excluding hydrogens is 230 g/mol. The number of nitrogens with one attached hydrogen (secondary N) is 1. The average Bonchev–Trinajstić information content (AvgIpc) is 2.79. The fraction of sp³-hybridized carbons (Fsp3) is 0.615. The van der Waals surface area contributed by atoms with E-state index in [4.69, 9.17) is 10.2 Å². The van der Waals surface area contributed by atoms with E-state index in [1.165, 1.54) is 0 Å². The van der Waals surface area contributed by atoms with E-state index in [1.807, 2.05) is 38.1 Å². The number of nitrogens with zero attached hydrogens (tertiary/aromatic N) is 1. The Morgan fingerprint density at radius 1 is 1.56 bits per heavy atom. The molecule has 0 aromatic carbocycles. The summed E-state index contributed by atoms with van der Waals surface area (Å²) < 4.78 is 5.37. The molecule has 0 fully saturated rings. The van der Waals surface area contributed by atoms with Crippen molar-refractivity contribution in [1.82, 2.24) is 10.2 Å². The quantitative estimate of drug-likeness (QED) is 0.764.